The molecule has 0 saturated carbocycles. The van der Waals surface area contributed by atoms with Crippen molar-refractivity contribution >= 4 is 44.4 Å². The summed E-state index contributed by atoms with van der Waals surface area (Å²) >= 11 is 4.39. The molecule has 0 aromatic heterocycles. The van der Waals surface area contributed by atoms with Gasteiger partial charge in [-0.2, -0.15) is 5.10 Å². The number of anilines is 1. The number of hydrogen-bond donors (Lipinski definition) is 1. The Morgan fingerprint density at radius 1 is 1.21 bits per heavy atom. The zero-order valence-electron chi connectivity index (χ0n) is 13.0. The fourth-order valence-corrected chi connectivity index (χ4v) is 2.36. The number of rotatable bonds is 3. The molecule has 6 heteroatoms. The van der Waals surface area contributed by atoms with Gasteiger partial charge in [0.1, 0.15) is 0 Å². The smallest absolute Gasteiger partial charge is 0.366 e. The molecule has 0 spiro atoms. The molecule has 0 saturated heterocycles. The van der Waals surface area contributed by atoms with E-state index >= 15 is 0 Å². The van der Waals surface area contributed by atoms with E-state index < -0.39 is 5.97 Å². The van der Waals surface area contributed by atoms with E-state index in [1.165, 1.54) is 0 Å². The van der Waals surface area contributed by atoms with Crippen molar-refractivity contribution in [3.8, 4) is 11.2 Å². The maximum absolute atomic E-state index is 12.0. The van der Waals surface area contributed by atoms with Crippen LogP contribution in [0.25, 0.3) is 0 Å². The summed E-state index contributed by atoms with van der Waals surface area (Å²) in [5, 5.41) is 7.14. The lowest BCUT2D eigenvalue weighted by molar-refractivity contribution is -0.134. The minimum absolute atomic E-state index is 0.156. The van der Waals surface area contributed by atoms with Crippen LogP contribution in [-0.2, 0) is 9.53 Å². The average Bonchev–Trinajstić information content (AvgIpc) is 2.60. The fourth-order valence-electron chi connectivity index (χ4n) is 1.60. The zero-order chi connectivity index (χ0) is 17.2. The van der Waals surface area contributed by atoms with Gasteiger partial charge in [0.2, 0.25) is 5.04 Å². The highest BCUT2D eigenvalue weighted by molar-refractivity contribution is 9.10. The van der Waals surface area contributed by atoms with E-state index in [9.17, 15) is 4.79 Å². The molecule has 2 rings (SSSR count). The Hall–Kier alpha value is -2.23. The molecule has 0 atom stereocenters. The van der Waals surface area contributed by atoms with Crippen molar-refractivity contribution in [1.82, 2.24) is 0 Å². The number of hydrazone groups is 1. The molecule has 0 aliphatic rings. The minimum atomic E-state index is -0.505. The van der Waals surface area contributed by atoms with Gasteiger partial charge in [0, 0.05) is 10.0 Å². The Kier molecular flexibility index (Phi) is 7.40. The third-order valence-corrected chi connectivity index (χ3v) is 3.88. The zero-order valence-corrected chi connectivity index (χ0v) is 15.4. The van der Waals surface area contributed by atoms with Gasteiger partial charge in [-0.05, 0) is 60.3 Å². The highest BCUT2D eigenvalue weighted by atomic mass is 79.9. The molecule has 0 bridgehead atoms. The summed E-state index contributed by atoms with van der Waals surface area (Å²) in [4.78, 5) is 12.0. The molecular formula is C18H15BrN2O2S. The lowest BCUT2D eigenvalue weighted by atomic mass is 10.2. The molecule has 0 amide bonds. The van der Waals surface area contributed by atoms with Gasteiger partial charge in [-0.1, -0.05) is 40.0 Å². The summed E-state index contributed by atoms with van der Waals surface area (Å²) in [7, 11) is 0. The lowest BCUT2D eigenvalue weighted by Crippen LogP contribution is -2.15. The quantitative estimate of drug-likeness (QED) is 0.270. The first-order valence-corrected chi connectivity index (χ1v) is 8.79. The molecule has 0 unspecified atom stereocenters. The maximum atomic E-state index is 12.0. The van der Waals surface area contributed by atoms with Gasteiger partial charge in [-0.25, -0.2) is 4.79 Å². The molecule has 0 fully saturated rings. The van der Waals surface area contributed by atoms with Crippen LogP contribution in [0.1, 0.15) is 12.5 Å². The van der Waals surface area contributed by atoms with E-state index in [0.717, 1.165) is 27.5 Å². The maximum Gasteiger partial charge on any atom is 0.366 e. The summed E-state index contributed by atoms with van der Waals surface area (Å²) in [5.41, 5.74) is 4.47. The molecule has 1 N–H and O–H groups in total. The van der Waals surface area contributed by atoms with Crippen molar-refractivity contribution < 1.29 is 9.53 Å². The van der Waals surface area contributed by atoms with E-state index in [1.54, 1.807) is 6.92 Å². The van der Waals surface area contributed by atoms with Gasteiger partial charge in [-0.15, -0.1) is 0 Å². The van der Waals surface area contributed by atoms with Gasteiger partial charge in [-0.3, -0.25) is 5.43 Å². The first-order valence-electron chi connectivity index (χ1n) is 7.18. The Morgan fingerprint density at radius 3 is 2.58 bits per heavy atom. The molecule has 0 aliphatic carbocycles. The second-order valence-corrected chi connectivity index (χ2v) is 6.16. The van der Waals surface area contributed by atoms with Crippen LogP contribution in [0.3, 0.4) is 0 Å². The number of nitrogens with one attached hydrogen (secondary N) is 1. The standard InChI is InChI=1S/C18H15BrN2O2S/c1-2-23-18(22)17(21-20-16-10-8-15(19)9-11-16)24-13-12-14-6-4-3-5-7-14/h3-11,20H,2H2,1H3/b21-17-. The molecule has 2 aromatic carbocycles. The minimum Gasteiger partial charge on any atom is -0.461 e. The molecule has 122 valence electrons. The highest BCUT2D eigenvalue weighted by Gasteiger charge is 2.13. The number of nitrogens with zero attached hydrogens (tertiary/aromatic N) is 1. The third kappa shape index (κ3) is 6.11. The normalized spacial score (nSPS) is 10.5. The SMILES string of the molecule is CCOC(=O)/C(=N/Nc1ccc(Br)cc1)SC#Cc1ccccc1. The first-order chi connectivity index (χ1) is 11.7. The summed E-state index contributed by atoms with van der Waals surface area (Å²) in [5.74, 6) is 2.46. The van der Waals surface area contributed by atoms with Crippen LogP contribution in [-0.4, -0.2) is 17.6 Å². The number of benzene rings is 2. The summed E-state index contributed by atoms with van der Waals surface area (Å²) < 4.78 is 5.97. The third-order valence-electron chi connectivity index (χ3n) is 2.70. The number of carbonyl (C=O) groups is 1. The molecule has 0 aliphatic heterocycles. The van der Waals surface area contributed by atoms with Crippen molar-refractivity contribution in [1.29, 1.82) is 0 Å². The van der Waals surface area contributed by atoms with Crippen LogP contribution in [0, 0.1) is 11.2 Å². The first kappa shape index (κ1) is 18.1. The van der Waals surface area contributed by atoms with Gasteiger partial charge in [0.05, 0.1) is 12.3 Å². The summed E-state index contributed by atoms with van der Waals surface area (Å²) in [6.07, 6.45) is 0. The Bertz CT molecular complexity index is 765. The number of hydrogen-bond acceptors (Lipinski definition) is 5. The number of halogens is 1. The number of thioether (sulfide) groups is 1. The van der Waals surface area contributed by atoms with Crippen LogP contribution in [0.2, 0.25) is 0 Å². The van der Waals surface area contributed by atoms with Gasteiger partial charge in [0.25, 0.3) is 0 Å². The second-order valence-electron chi connectivity index (χ2n) is 4.45. The van der Waals surface area contributed by atoms with E-state index in [2.05, 4.69) is 37.6 Å². The highest BCUT2D eigenvalue weighted by Crippen LogP contribution is 2.15. The molecular weight excluding hydrogens is 388 g/mol. The number of esters is 1. The van der Waals surface area contributed by atoms with Crippen LogP contribution in [0.4, 0.5) is 5.69 Å². The largest absolute Gasteiger partial charge is 0.461 e. The van der Waals surface area contributed by atoms with Gasteiger partial charge >= 0.3 is 5.97 Å². The molecule has 2 aromatic rings. The molecule has 0 heterocycles. The van der Waals surface area contributed by atoms with Crippen molar-refractivity contribution in [2.24, 2.45) is 5.10 Å². The van der Waals surface area contributed by atoms with E-state index in [4.69, 9.17) is 4.74 Å². The Balaban J connectivity index is 2.09. The van der Waals surface area contributed by atoms with Crippen LogP contribution in [0.5, 0.6) is 0 Å². The molecule has 0 radical (unpaired) electrons. The predicted molar refractivity (Wildman–Crippen MR) is 103 cm³/mol. The van der Waals surface area contributed by atoms with E-state index in [-0.39, 0.29) is 11.7 Å². The predicted octanol–water partition coefficient (Wildman–Crippen LogP) is 4.48. The van der Waals surface area contributed by atoms with Crippen LogP contribution >= 0.6 is 27.7 Å². The molecule has 4 nitrogen and oxygen atoms in total. The number of ether oxygens (including phenoxy) is 1. The Morgan fingerprint density at radius 2 is 1.92 bits per heavy atom. The van der Waals surface area contributed by atoms with Crippen molar-refractivity contribution in [2.45, 2.75) is 6.92 Å². The van der Waals surface area contributed by atoms with Crippen molar-refractivity contribution in [2.75, 3.05) is 12.0 Å². The number of carbonyl (C=O) groups excluding carboxylic acids is 1. The van der Waals surface area contributed by atoms with Crippen molar-refractivity contribution in [3.63, 3.8) is 0 Å². The van der Waals surface area contributed by atoms with Gasteiger partial charge < -0.3 is 4.74 Å². The average molecular weight is 403 g/mol. The summed E-state index contributed by atoms with van der Waals surface area (Å²) in [6.45, 7) is 2.03. The van der Waals surface area contributed by atoms with Gasteiger partial charge in [0.15, 0.2) is 0 Å². The fraction of sp³-hybridized carbons (Fsp3) is 0.111. The summed E-state index contributed by atoms with van der Waals surface area (Å²) in [6, 6.07) is 17.0. The van der Waals surface area contributed by atoms with Crippen LogP contribution in [0.15, 0.2) is 64.2 Å². The molecule has 24 heavy (non-hydrogen) atoms. The second kappa shape index (κ2) is 9.81. The monoisotopic (exact) mass is 402 g/mol. The van der Waals surface area contributed by atoms with Crippen molar-refractivity contribution in [3.05, 3.63) is 64.6 Å². The van der Waals surface area contributed by atoms with Crippen LogP contribution < -0.4 is 5.43 Å². The van der Waals surface area contributed by atoms with E-state index in [0.29, 0.717) is 0 Å². The lowest BCUT2D eigenvalue weighted by Gasteiger charge is -2.04. The topological polar surface area (TPSA) is 50.7 Å². The Labute approximate surface area is 153 Å². The van der Waals surface area contributed by atoms with E-state index in [1.807, 2.05) is 54.6 Å².